The Kier molecular flexibility index (Phi) is 5.00. The zero-order valence-corrected chi connectivity index (χ0v) is 12.4. The number of urea groups is 1. The molecule has 1 N–H and O–H groups in total. The maximum atomic E-state index is 12.3. The summed E-state index contributed by atoms with van der Waals surface area (Å²) in [5.74, 6) is 1.82. The third kappa shape index (κ3) is 3.96. The smallest absolute Gasteiger partial charge is 0.318 e. The van der Waals surface area contributed by atoms with E-state index in [1.807, 2.05) is 4.90 Å². The van der Waals surface area contributed by atoms with Gasteiger partial charge < -0.3 is 19.4 Å². The maximum Gasteiger partial charge on any atom is 0.318 e. The predicted molar refractivity (Wildman–Crippen MR) is 74.2 cm³/mol. The molecule has 1 aliphatic heterocycles. The van der Waals surface area contributed by atoms with Crippen LogP contribution in [0.4, 0.5) is 4.79 Å². The second-order valence-electron chi connectivity index (χ2n) is 5.56. The molecular weight excluding hydrogens is 258 g/mol. The highest BCUT2D eigenvalue weighted by Gasteiger charge is 2.27. The fraction of sp³-hybridized carbons (Fsp3) is 0.714. The second-order valence-corrected chi connectivity index (χ2v) is 5.56. The van der Waals surface area contributed by atoms with Crippen LogP contribution in [0.3, 0.4) is 0 Å². The number of rotatable bonds is 4. The number of carbonyl (C=O) groups is 1. The molecule has 6 heteroatoms. The van der Waals surface area contributed by atoms with Gasteiger partial charge >= 0.3 is 6.03 Å². The van der Waals surface area contributed by atoms with E-state index in [2.05, 4.69) is 24.1 Å². The number of ether oxygens (including phenoxy) is 1. The van der Waals surface area contributed by atoms with Gasteiger partial charge in [0.05, 0.1) is 32.0 Å². The van der Waals surface area contributed by atoms with E-state index in [4.69, 9.17) is 9.15 Å². The molecule has 0 saturated carbocycles. The lowest BCUT2D eigenvalue weighted by Gasteiger charge is -2.36. The van der Waals surface area contributed by atoms with Crippen molar-refractivity contribution in [1.82, 2.24) is 15.2 Å². The lowest BCUT2D eigenvalue weighted by molar-refractivity contribution is 0.00542. The molecule has 1 aliphatic rings. The van der Waals surface area contributed by atoms with Crippen LogP contribution in [-0.4, -0.2) is 41.7 Å². The molecule has 0 radical (unpaired) electrons. The molecule has 0 aliphatic carbocycles. The minimum absolute atomic E-state index is 0.0620. The fourth-order valence-corrected chi connectivity index (χ4v) is 2.41. The SMILES string of the molecule is Cc1ncc(CNC(=O)N2CCOCC2CC(C)C)o1. The monoisotopic (exact) mass is 281 g/mol. The van der Waals surface area contributed by atoms with Gasteiger partial charge in [-0.15, -0.1) is 0 Å². The van der Waals surface area contributed by atoms with Crippen LogP contribution >= 0.6 is 0 Å². The summed E-state index contributed by atoms with van der Waals surface area (Å²) in [5, 5.41) is 2.88. The van der Waals surface area contributed by atoms with Crippen LogP contribution in [0.15, 0.2) is 10.6 Å². The van der Waals surface area contributed by atoms with E-state index in [0.717, 1.165) is 6.42 Å². The number of amides is 2. The van der Waals surface area contributed by atoms with Gasteiger partial charge in [0.2, 0.25) is 0 Å². The number of hydrogen-bond donors (Lipinski definition) is 1. The van der Waals surface area contributed by atoms with Crippen molar-refractivity contribution in [3.05, 3.63) is 17.8 Å². The highest BCUT2D eigenvalue weighted by atomic mass is 16.5. The standard InChI is InChI=1S/C14H23N3O3/c1-10(2)6-12-9-19-5-4-17(12)14(18)16-8-13-7-15-11(3)20-13/h7,10,12H,4-6,8-9H2,1-3H3,(H,16,18). The van der Waals surface area contributed by atoms with Gasteiger partial charge in [-0.05, 0) is 12.3 Å². The predicted octanol–water partition coefficient (Wildman–Crippen LogP) is 1.94. The first kappa shape index (κ1) is 14.8. The maximum absolute atomic E-state index is 12.3. The Morgan fingerprint density at radius 2 is 2.40 bits per heavy atom. The highest BCUT2D eigenvalue weighted by molar-refractivity contribution is 5.74. The van der Waals surface area contributed by atoms with Crippen LogP contribution in [-0.2, 0) is 11.3 Å². The molecule has 2 rings (SSSR count). The third-order valence-corrected chi connectivity index (χ3v) is 3.31. The van der Waals surface area contributed by atoms with E-state index in [1.165, 1.54) is 0 Å². The number of hydrogen-bond acceptors (Lipinski definition) is 4. The number of morpholine rings is 1. The van der Waals surface area contributed by atoms with E-state index < -0.39 is 0 Å². The normalized spacial score (nSPS) is 19.4. The molecule has 1 unspecified atom stereocenters. The number of aromatic nitrogens is 1. The molecule has 20 heavy (non-hydrogen) atoms. The van der Waals surface area contributed by atoms with Crippen LogP contribution in [0.1, 0.15) is 31.9 Å². The quantitative estimate of drug-likeness (QED) is 0.916. The first-order valence-corrected chi connectivity index (χ1v) is 7.09. The molecule has 2 heterocycles. The third-order valence-electron chi connectivity index (χ3n) is 3.31. The molecule has 1 atom stereocenters. The summed E-state index contributed by atoms with van der Waals surface area (Å²) in [6, 6.07) is 0.0909. The molecule has 6 nitrogen and oxygen atoms in total. The molecule has 1 aromatic rings. The highest BCUT2D eigenvalue weighted by Crippen LogP contribution is 2.16. The molecule has 0 bridgehead atoms. The van der Waals surface area contributed by atoms with Crippen molar-refractivity contribution in [2.24, 2.45) is 5.92 Å². The molecular formula is C14H23N3O3. The average molecular weight is 281 g/mol. The van der Waals surface area contributed by atoms with Crippen LogP contribution in [0.2, 0.25) is 0 Å². The van der Waals surface area contributed by atoms with Crippen molar-refractivity contribution in [3.63, 3.8) is 0 Å². The Labute approximate surface area is 119 Å². The van der Waals surface area contributed by atoms with Crippen LogP contribution in [0.25, 0.3) is 0 Å². The van der Waals surface area contributed by atoms with E-state index in [0.29, 0.717) is 43.9 Å². The van der Waals surface area contributed by atoms with Crippen LogP contribution < -0.4 is 5.32 Å². The van der Waals surface area contributed by atoms with Crippen molar-refractivity contribution in [2.75, 3.05) is 19.8 Å². The van der Waals surface area contributed by atoms with Crippen molar-refractivity contribution >= 4 is 6.03 Å². The summed E-state index contributed by atoms with van der Waals surface area (Å²) < 4.78 is 10.8. The zero-order valence-electron chi connectivity index (χ0n) is 12.4. The largest absolute Gasteiger partial charge is 0.444 e. The summed E-state index contributed by atoms with van der Waals surface area (Å²) in [7, 11) is 0. The summed E-state index contributed by atoms with van der Waals surface area (Å²) >= 11 is 0. The first-order valence-electron chi connectivity index (χ1n) is 7.09. The van der Waals surface area contributed by atoms with E-state index in [1.54, 1.807) is 13.1 Å². The van der Waals surface area contributed by atoms with E-state index in [9.17, 15) is 4.79 Å². The summed E-state index contributed by atoms with van der Waals surface area (Å²) in [4.78, 5) is 18.1. The Hall–Kier alpha value is -1.56. The molecule has 112 valence electrons. The van der Waals surface area contributed by atoms with Crippen molar-refractivity contribution < 1.29 is 13.9 Å². The molecule has 1 aromatic heterocycles. The van der Waals surface area contributed by atoms with Gasteiger partial charge in [-0.2, -0.15) is 0 Å². The molecule has 1 fully saturated rings. The van der Waals surface area contributed by atoms with E-state index in [-0.39, 0.29) is 12.1 Å². The topological polar surface area (TPSA) is 67.6 Å². The van der Waals surface area contributed by atoms with Crippen molar-refractivity contribution in [1.29, 1.82) is 0 Å². The lowest BCUT2D eigenvalue weighted by atomic mass is 10.0. The first-order chi connectivity index (χ1) is 9.56. The van der Waals surface area contributed by atoms with Gasteiger partial charge in [-0.1, -0.05) is 13.8 Å². The summed E-state index contributed by atoms with van der Waals surface area (Å²) in [6.45, 7) is 8.32. The number of nitrogens with one attached hydrogen (secondary N) is 1. The molecule has 0 spiro atoms. The lowest BCUT2D eigenvalue weighted by Crippen LogP contribution is -2.52. The zero-order chi connectivity index (χ0) is 14.5. The Morgan fingerprint density at radius 3 is 3.05 bits per heavy atom. The minimum Gasteiger partial charge on any atom is -0.444 e. The van der Waals surface area contributed by atoms with E-state index >= 15 is 0 Å². The summed E-state index contributed by atoms with van der Waals surface area (Å²) in [5.41, 5.74) is 0. The van der Waals surface area contributed by atoms with Gasteiger partial charge in [0, 0.05) is 13.5 Å². The number of aryl methyl sites for hydroxylation is 1. The Morgan fingerprint density at radius 1 is 1.60 bits per heavy atom. The van der Waals surface area contributed by atoms with Gasteiger partial charge in [-0.3, -0.25) is 0 Å². The fourth-order valence-electron chi connectivity index (χ4n) is 2.41. The van der Waals surface area contributed by atoms with Gasteiger partial charge in [-0.25, -0.2) is 9.78 Å². The Balaban J connectivity index is 1.88. The van der Waals surface area contributed by atoms with Crippen molar-refractivity contribution in [3.8, 4) is 0 Å². The average Bonchev–Trinajstić information content (AvgIpc) is 2.82. The van der Waals surface area contributed by atoms with Gasteiger partial charge in [0.25, 0.3) is 0 Å². The summed E-state index contributed by atoms with van der Waals surface area (Å²) in [6.07, 6.45) is 2.59. The molecule has 2 amide bonds. The van der Waals surface area contributed by atoms with Crippen LogP contribution in [0, 0.1) is 12.8 Å². The Bertz CT molecular complexity index is 445. The number of nitrogens with zero attached hydrogens (tertiary/aromatic N) is 2. The number of oxazole rings is 1. The van der Waals surface area contributed by atoms with Gasteiger partial charge in [0.15, 0.2) is 5.89 Å². The number of carbonyl (C=O) groups excluding carboxylic acids is 1. The van der Waals surface area contributed by atoms with Crippen LogP contribution in [0.5, 0.6) is 0 Å². The van der Waals surface area contributed by atoms with Crippen molar-refractivity contribution in [2.45, 2.75) is 39.8 Å². The van der Waals surface area contributed by atoms with Gasteiger partial charge in [0.1, 0.15) is 5.76 Å². The minimum atomic E-state index is -0.0620. The molecule has 0 aromatic carbocycles. The molecule has 1 saturated heterocycles. The second kappa shape index (κ2) is 6.74.